The van der Waals surface area contributed by atoms with Gasteiger partial charge in [0.05, 0.1) is 18.9 Å². The normalized spacial score (nSPS) is 22.6. The molecule has 3 amide bonds. The standard InChI is InChI=1S/C22H27N3O6/c26-19(23-9-5-22(6-10-23)30-11-12-31-22)14-25-17-13-16(21(28)24-7-1-2-8-24)3-4-18(17)29-15-20(25)27/h3-4,13H,1-2,5-12,14-15H2. The first-order chi connectivity index (χ1) is 15.0. The number of piperidine rings is 1. The Kier molecular flexibility index (Phi) is 5.31. The summed E-state index contributed by atoms with van der Waals surface area (Å²) >= 11 is 0. The first-order valence-electron chi connectivity index (χ1n) is 11.0. The van der Waals surface area contributed by atoms with Crippen molar-refractivity contribution in [1.29, 1.82) is 0 Å². The Balaban J connectivity index is 1.30. The number of fused-ring (bicyclic) bond motifs is 1. The molecule has 0 aliphatic carbocycles. The Morgan fingerprint density at radius 3 is 2.39 bits per heavy atom. The maximum Gasteiger partial charge on any atom is 0.265 e. The molecule has 4 aliphatic rings. The molecular weight excluding hydrogens is 402 g/mol. The Hall–Kier alpha value is -2.65. The van der Waals surface area contributed by atoms with E-state index in [4.69, 9.17) is 14.2 Å². The minimum atomic E-state index is -0.553. The third-order valence-corrected chi connectivity index (χ3v) is 6.53. The number of carbonyl (C=O) groups is 3. The summed E-state index contributed by atoms with van der Waals surface area (Å²) in [6.07, 6.45) is 3.26. The lowest BCUT2D eigenvalue weighted by Gasteiger charge is -2.38. The molecule has 3 fully saturated rings. The van der Waals surface area contributed by atoms with Crippen LogP contribution in [0.15, 0.2) is 18.2 Å². The summed E-state index contributed by atoms with van der Waals surface area (Å²) in [5, 5.41) is 0. The topological polar surface area (TPSA) is 88.6 Å². The molecule has 9 heteroatoms. The number of amides is 3. The zero-order chi connectivity index (χ0) is 21.4. The molecule has 1 aromatic rings. The van der Waals surface area contributed by atoms with Crippen LogP contribution in [0, 0.1) is 0 Å². The van der Waals surface area contributed by atoms with Gasteiger partial charge in [-0.25, -0.2) is 0 Å². The zero-order valence-electron chi connectivity index (χ0n) is 17.5. The molecule has 4 aliphatic heterocycles. The summed E-state index contributed by atoms with van der Waals surface area (Å²) in [4.78, 5) is 43.4. The van der Waals surface area contributed by atoms with Gasteiger partial charge >= 0.3 is 0 Å². The molecule has 0 N–H and O–H groups in total. The molecule has 1 aromatic carbocycles. The van der Waals surface area contributed by atoms with E-state index >= 15 is 0 Å². The van der Waals surface area contributed by atoms with Crippen LogP contribution >= 0.6 is 0 Å². The lowest BCUT2D eigenvalue weighted by molar-refractivity contribution is -0.187. The van der Waals surface area contributed by atoms with Gasteiger partial charge in [0.1, 0.15) is 12.3 Å². The number of hydrogen-bond acceptors (Lipinski definition) is 6. The van der Waals surface area contributed by atoms with Crippen molar-refractivity contribution in [3.05, 3.63) is 23.8 Å². The van der Waals surface area contributed by atoms with Gasteiger partial charge in [0.25, 0.3) is 11.8 Å². The maximum absolute atomic E-state index is 13.0. The second kappa shape index (κ2) is 8.12. The van der Waals surface area contributed by atoms with Crippen LogP contribution < -0.4 is 9.64 Å². The molecule has 5 rings (SSSR count). The van der Waals surface area contributed by atoms with Crippen molar-refractivity contribution in [2.75, 3.05) is 57.4 Å². The number of benzene rings is 1. The molecule has 0 bridgehead atoms. The molecule has 9 nitrogen and oxygen atoms in total. The molecule has 4 heterocycles. The first kappa shape index (κ1) is 20.3. The van der Waals surface area contributed by atoms with E-state index in [1.807, 2.05) is 4.90 Å². The fraction of sp³-hybridized carbons (Fsp3) is 0.591. The van der Waals surface area contributed by atoms with Crippen molar-refractivity contribution < 1.29 is 28.6 Å². The Labute approximate surface area is 180 Å². The van der Waals surface area contributed by atoms with E-state index in [1.165, 1.54) is 4.90 Å². The van der Waals surface area contributed by atoms with Crippen LogP contribution in [0.2, 0.25) is 0 Å². The van der Waals surface area contributed by atoms with Gasteiger partial charge < -0.3 is 24.0 Å². The van der Waals surface area contributed by atoms with E-state index in [2.05, 4.69) is 0 Å². The van der Waals surface area contributed by atoms with E-state index in [9.17, 15) is 14.4 Å². The number of likely N-dealkylation sites (tertiary alicyclic amines) is 2. The van der Waals surface area contributed by atoms with Crippen molar-refractivity contribution in [1.82, 2.24) is 9.80 Å². The van der Waals surface area contributed by atoms with Crippen molar-refractivity contribution in [2.24, 2.45) is 0 Å². The quantitative estimate of drug-likeness (QED) is 0.713. The van der Waals surface area contributed by atoms with E-state index in [1.54, 1.807) is 23.1 Å². The van der Waals surface area contributed by atoms with Crippen LogP contribution in [0.5, 0.6) is 5.75 Å². The summed E-state index contributed by atoms with van der Waals surface area (Å²) in [7, 11) is 0. The summed E-state index contributed by atoms with van der Waals surface area (Å²) < 4.78 is 17.0. The second-order valence-corrected chi connectivity index (χ2v) is 8.44. The molecule has 31 heavy (non-hydrogen) atoms. The second-order valence-electron chi connectivity index (χ2n) is 8.44. The number of rotatable bonds is 3. The maximum atomic E-state index is 13.0. The molecule has 3 saturated heterocycles. The number of carbonyl (C=O) groups excluding carboxylic acids is 3. The predicted octanol–water partition coefficient (Wildman–Crippen LogP) is 1.01. The van der Waals surface area contributed by atoms with Crippen molar-refractivity contribution in [2.45, 2.75) is 31.5 Å². The highest BCUT2D eigenvalue weighted by Gasteiger charge is 2.41. The van der Waals surface area contributed by atoms with Gasteiger partial charge in [-0.05, 0) is 31.0 Å². The minimum Gasteiger partial charge on any atom is -0.482 e. The third kappa shape index (κ3) is 3.87. The fourth-order valence-electron chi connectivity index (χ4n) is 4.73. The van der Waals surface area contributed by atoms with Gasteiger partial charge in [-0.1, -0.05) is 0 Å². The van der Waals surface area contributed by atoms with E-state index in [-0.39, 0.29) is 30.9 Å². The molecule has 0 atom stereocenters. The Morgan fingerprint density at radius 1 is 0.968 bits per heavy atom. The molecular formula is C22H27N3O6. The average molecular weight is 429 g/mol. The number of anilines is 1. The fourth-order valence-corrected chi connectivity index (χ4v) is 4.73. The lowest BCUT2D eigenvalue weighted by atomic mass is 10.0. The number of nitrogens with zero attached hydrogens (tertiary/aromatic N) is 3. The van der Waals surface area contributed by atoms with Crippen molar-refractivity contribution >= 4 is 23.4 Å². The molecule has 0 unspecified atom stereocenters. The van der Waals surface area contributed by atoms with Crippen LogP contribution in [0.1, 0.15) is 36.0 Å². The highest BCUT2D eigenvalue weighted by molar-refractivity contribution is 6.04. The van der Waals surface area contributed by atoms with E-state index in [0.29, 0.717) is 56.1 Å². The van der Waals surface area contributed by atoms with Crippen LogP contribution in [0.3, 0.4) is 0 Å². The number of ether oxygens (including phenoxy) is 3. The first-order valence-corrected chi connectivity index (χ1v) is 11.0. The zero-order valence-corrected chi connectivity index (χ0v) is 17.5. The number of hydrogen-bond donors (Lipinski definition) is 0. The summed E-state index contributed by atoms with van der Waals surface area (Å²) in [6, 6.07) is 5.11. The molecule has 166 valence electrons. The van der Waals surface area contributed by atoms with Crippen LogP contribution in [-0.2, 0) is 19.1 Å². The van der Waals surface area contributed by atoms with Crippen LogP contribution in [-0.4, -0.2) is 85.9 Å². The SMILES string of the molecule is O=C(CN1C(=O)COc2ccc(C(=O)N3CCCC3)cc21)N1CCC2(CC1)OCCO2. The van der Waals surface area contributed by atoms with Gasteiger partial charge in [-0.3, -0.25) is 19.3 Å². The van der Waals surface area contributed by atoms with Gasteiger partial charge in [0, 0.05) is 44.6 Å². The minimum absolute atomic E-state index is 0.0532. The largest absolute Gasteiger partial charge is 0.482 e. The van der Waals surface area contributed by atoms with Gasteiger partial charge in [-0.15, -0.1) is 0 Å². The van der Waals surface area contributed by atoms with Crippen LogP contribution in [0.4, 0.5) is 5.69 Å². The highest BCUT2D eigenvalue weighted by Crippen LogP contribution is 2.35. The molecule has 1 spiro atoms. The van der Waals surface area contributed by atoms with Crippen LogP contribution in [0.25, 0.3) is 0 Å². The molecule has 0 aromatic heterocycles. The lowest BCUT2D eigenvalue weighted by Crippen LogP contribution is -2.51. The average Bonchev–Trinajstić information content (AvgIpc) is 3.48. The van der Waals surface area contributed by atoms with Crippen molar-refractivity contribution in [3.63, 3.8) is 0 Å². The molecule has 0 radical (unpaired) electrons. The Morgan fingerprint density at radius 2 is 1.68 bits per heavy atom. The highest BCUT2D eigenvalue weighted by atomic mass is 16.7. The van der Waals surface area contributed by atoms with E-state index in [0.717, 1.165) is 25.9 Å². The van der Waals surface area contributed by atoms with Gasteiger partial charge in [-0.2, -0.15) is 0 Å². The third-order valence-electron chi connectivity index (χ3n) is 6.53. The van der Waals surface area contributed by atoms with Gasteiger partial charge in [0.15, 0.2) is 12.4 Å². The Bertz CT molecular complexity index is 881. The van der Waals surface area contributed by atoms with Gasteiger partial charge in [0.2, 0.25) is 5.91 Å². The summed E-state index contributed by atoms with van der Waals surface area (Å²) in [5.41, 5.74) is 0.984. The van der Waals surface area contributed by atoms with Crippen molar-refractivity contribution in [3.8, 4) is 5.75 Å². The summed E-state index contributed by atoms with van der Waals surface area (Å²) in [6.45, 7) is 3.52. The smallest absolute Gasteiger partial charge is 0.265 e. The van der Waals surface area contributed by atoms with E-state index < -0.39 is 5.79 Å². The molecule has 0 saturated carbocycles. The predicted molar refractivity (Wildman–Crippen MR) is 110 cm³/mol. The monoisotopic (exact) mass is 429 g/mol. The summed E-state index contributed by atoms with van der Waals surface area (Å²) in [5.74, 6) is -0.519.